The Morgan fingerprint density at radius 2 is 2.05 bits per heavy atom. The lowest BCUT2D eigenvalue weighted by Gasteiger charge is -2.00. The minimum absolute atomic E-state index is 0.567. The Morgan fingerprint density at radius 3 is 2.70 bits per heavy atom. The van der Waals surface area contributed by atoms with Crippen LogP contribution in [-0.2, 0) is 24.3 Å². The number of thiazole rings is 1. The van der Waals surface area contributed by atoms with E-state index in [0.29, 0.717) is 6.61 Å². The Balaban J connectivity index is 2.12. The molecule has 0 aliphatic heterocycles. The van der Waals surface area contributed by atoms with Gasteiger partial charge in [0.2, 0.25) is 0 Å². The summed E-state index contributed by atoms with van der Waals surface area (Å²) in [6.45, 7) is 4.48. The largest absolute Gasteiger partial charge is 0.378 e. The first-order valence-corrected chi connectivity index (χ1v) is 7.84. The Kier molecular flexibility index (Phi) is 5.98. The fourth-order valence-electron chi connectivity index (χ4n) is 1.92. The summed E-state index contributed by atoms with van der Waals surface area (Å²) in [6, 6.07) is 7.92. The van der Waals surface area contributed by atoms with E-state index >= 15 is 0 Å². The Hall–Kier alpha value is -0.940. The monoisotopic (exact) mass is 310 g/mol. The number of ether oxygens (including phenoxy) is 1. The van der Waals surface area contributed by atoms with Gasteiger partial charge in [-0.15, -0.1) is 11.3 Å². The SMILES string of the molecule is CCNCc1sc(Cc2ccc(Cl)cc2)nc1COC. The van der Waals surface area contributed by atoms with Gasteiger partial charge in [-0.05, 0) is 24.2 Å². The second-order valence-corrected chi connectivity index (χ2v) is 6.10. The zero-order valence-corrected chi connectivity index (χ0v) is 13.4. The van der Waals surface area contributed by atoms with Crippen molar-refractivity contribution in [3.63, 3.8) is 0 Å². The maximum absolute atomic E-state index is 5.90. The highest BCUT2D eigenvalue weighted by Crippen LogP contribution is 2.22. The summed E-state index contributed by atoms with van der Waals surface area (Å²) < 4.78 is 5.23. The highest BCUT2D eigenvalue weighted by Gasteiger charge is 2.11. The van der Waals surface area contributed by atoms with Gasteiger partial charge < -0.3 is 10.1 Å². The van der Waals surface area contributed by atoms with Crippen LogP contribution in [0.3, 0.4) is 0 Å². The fraction of sp³-hybridized carbons (Fsp3) is 0.400. The van der Waals surface area contributed by atoms with Crippen LogP contribution in [0.5, 0.6) is 0 Å². The van der Waals surface area contributed by atoms with Crippen LogP contribution in [0.15, 0.2) is 24.3 Å². The second-order valence-electron chi connectivity index (χ2n) is 4.49. The second kappa shape index (κ2) is 7.74. The van der Waals surface area contributed by atoms with Crippen LogP contribution in [0.25, 0.3) is 0 Å². The van der Waals surface area contributed by atoms with E-state index in [1.54, 1.807) is 18.4 Å². The van der Waals surface area contributed by atoms with Crippen molar-refractivity contribution in [1.29, 1.82) is 0 Å². The highest BCUT2D eigenvalue weighted by molar-refractivity contribution is 7.11. The van der Waals surface area contributed by atoms with Crippen LogP contribution in [0.1, 0.15) is 28.1 Å². The molecule has 0 fully saturated rings. The third-order valence-corrected chi connectivity index (χ3v) is 4.26. The molecule has 2 aromatic rings. The van der Waals surface area contributed by atoms with Gasteiger partial charge in [0.15, 0.2) is 0 Å². The van der Waals surface area contributed by atoms with Crippen molar-refractivity contribution < 1.29 is 4.74 Å². The van der Waals surface area contributed by atoms with Crippen molar-refractivity contribution in [2.24, 2.45) is 0 Å². The number of nitrogens with zero attached hydrogens (tertiary/aromatic N) is 1. The van der Waals surface area contributed by atoms with E-state index in [-0.39, 0.29) is 0 Å². The van der Waals surface area contributed by atoms with E-state index in [1.165, 1.54) is 10.4 Å². The molecule has 1 N–H and O–H groups in total. The lowest BCUT2D eigenvalue weighted by Crippen LogP contribution is -2.12. The van der Waals surface area contributed by atoms with Crippen molar-refractivity contribution in [2.45, 2.75) is 26.5 Å². The molecule has 0 aliphatic rings. The van der Waals surface area contributed by atoms with Crippen molar-refractivity contribution in [1.82, 2.24) is 10.3 Å². The lowest BCUT2D eigenvalue weighted by atomic mass is 10.2. The zero-order chi connectivity index (χ0) is 14.4. The summed E-state index contributed by atoms with van der Waals surface area (Å²) in [5.41, 5.74) is 2.27. The first kappa shape index (κ1) is 15.4. The Labute approximate surface area is 129 Å². The summed E-state index contributed by atoms with van der Waals surface area (Å²) >= 11 is 7.66. The average Bonchev–Trinajstić information content (AvgIpc) is 2.81. The number of nitrogens with one attached hydrogen (secondary N) is 1. The number of aromatic nitrogens is 1. The quantitative estimate of drug-likeness (QED) is 0.847. The number of benzene rings is 1. The molecule has 0 saturated carbocycles. The molecule has 20 heavy (non-hydrogen) atoms. The molecule has 0 bridgehead atoms. The van der Waals surface area contributed by atoms with Gasteiger partial charge in [0.1, 0.15) is 0 Å². The first-order valence-electron chi connectivity index (χ1n) is 6.64. The predicted octanol–water partition coefficient (Wildman–Crippen LogP) is 3.64. The average molecular weight is 311 g/mol. The Bertz CT molecular complexity index is 539. The van der Waals surface area contributed by atoms with Gasteiger partial charge in [-0.25, -0.2) is 4.98 Å². The first-order chi connectivity index (χ1) is 9.72. The predicted molar refractivity (Wildman–Crippen MR) is 84.5 cm³/mol. The summed E-state index contributed by atoms with van der Waals surface area (Å²) in [4.78, 5) is 5.95. The molecule has 0 unspecified atom stereocenters. The molecule has 0 aliphatic carbocycles. The molecule has 1 heterocycles. The maximum Gasteiger partial charge on any atom is 0.0976 e. The van der Waals surface area contributed by atoms with Crippen LogP contribution < -0.4 is 5.32 Å². The smallest absolute Gasteiger partial charge is 0.0976 e. The molecule has 1 aromatic carbocycles. The van der Waals surface area contributed by atoms with Gasteiger partial charge in [-0.2, -0.15) is 0 Å². The van der Waals surface area contributed by atoms with E-state index in [1.807, 2.05) is 24.3 Å². The van der Waals surface area contributed by atoms with E-state index in [0.717, 1.165) is 35.2 Å². The molecule has 108 valence electrons. The van der Waals surface area contributed by atoms with Crippen molar-refractivity contribution in [3.05, 3.63) is 50.4 Å². The van der Waals surface area contributed by atoms with Crippen molar-refractivity contribution in [3.8, 4) is 0 Å². The third kappa shape index (κ3) is 4.28. The molecule has 1 aromatic heterocycles. The van der Waals surface area contributed by atoms with Gasteiger partial charge >= 0.3 is 0 Å². The molecule has 0 spiro atoms. The number of rotatable bonds is 7. The van der Waals surface area contributed by atoms with E-state index in [9.17, 15) is 0 Å². The molecule has 5 heteroatoms. The number of hydrogen-bond donors (Lipinski definition) is 1. The maximum atomic E-state index is 5.90. The number of halogens is 1. The number of hydrogen-bond acceptors (Lipinski definition) is 4. The normalized spacial score (nSPS) is 10.9. The summed E-state index contributed by atoms with van der Waals surface area (Å²) in [7, 11) is 1.70. The van der Waals surface area contributed by atoms with Crippen LogP contribution >= 0.6 is 22.9 Å². The van der Waals surface area contributed by atoms with E-state index in [2.05, 4.69) is 12.2 Å². The van der Waals surface area contributed by atoms with Gasteiger partial charge in [-0.1, -0.05) is 30.7 Å². The number of methoxy groups -OCH3 is 1. The third-order valence-electron chi connectivity index (χ3n) is 2.91. The topological polar surface area (TPSA) is 34.2 Å². The molecule has 0 saturated heterocycles. The van der Waals surface area contributed by atoms with Crippen LogP contribution in [0.4, 0.5) is 0 Å². The van der Waals surface area contributed by atoms with E-state index in [4.69, 9.17) is 21.3 Å². The van der Waals surface area contributed by atoms with Crippen LogP contribution in [0.2, 0.25) is 5.02 Å². The molecule has 0 atom stereocenters. The van der Waals surface area contributed by atoms with Gasteiger partial charge in [0, 0.05) is 30.0 Å². The molecular formula is C15H19ClN2OS. The molecule has 2 rings (SSSR count). The van der Waals surface area contributed by atoms with Crippen molar-refractivity contribution >= 4 is 22.9 Å². The summed E-state index contributed by atoms with van der Waals surface area (Å²) in [5, 5.41) is 5.23. The standard InChI is InChI=1S/C15H19ClN2OS/c1-3-17-9-14-13(10-19-2)18-15(20-14)8-11-4-6-12(16)7-5-11/h4-7,17H,3,8-10H2,1-2H3. The Morgan fingerprint density at radius 1 is 1.30 bits per heavy atom. The molecule has 0 radical (unpaired) electrons. The highest BCUT2D eigenvalue weighted by atomic mass is 35.5. The van der Waals surface area contributed by atoms with Crippen LogP contribution in [0, 0.1) is 0 Å². The van der Waals surface area contributed by atoms with E-state index < -0.39 is 0 Å². The van der Waals surface area contributed by atoms with Gasteiger partial charge in [0.25, 0.3) is 0 Å². The minimum atomic E-state index is 0.567. The fourth-order valence-corrected chi connectivity index (χ4v) is 3.12. The lowest BCUT2D eigenvalue weighted by molar-refractivity contribution is 0.181. The van der Waals surface area contributed by atoms with Crippen LogP contribution in [-0.4, -0.2) is 18.6 Å². The molecule has 0 amide bonds. The van der Waals surface area contributed by atoms with Crippen molar-refractivity contribution in [2.75, 3.05) is 13.7 Å². The molecular weight excluding hydrogens is 292 g/mol. The minimum Gasteiger partial charge on any atom is -0.378 e. The summed E-state index contributed by atoms with van der Waals surface area (Å²) in [5.74, 6) is 0. The molecule has 3 nitrogen and oxygen atoms in total. The van der Waals surface area contributed by atoms with Gasteiger partial charge in [-0.3, -0.25) is 0 Å². The van der Waals surface area contributed by atoms with Gasteiger partial charge in [0.05, 0.1) is 17.3 Å². The zero-order valence-electron chi connectivity index (χ0n) is 11.8. The summed E-state index contributed by atoms with van der Waals surface area (Å²) in [6.07, 6.45) is 0.838.